The van der Waals surface area contributed by atoms with Gasteiger partial charge in [-0.1, -0.05) is 43.5 Å². The molecule has 0 heterocycles. The quantitative estimate of drug-likeness (QED) is 0.850. The Morgan fingerprint density at radius 2 is 1.75 bits per heavy atom. The largest absolute Gasteiger partial charge is 0.481 e. The van der Waals surface area contributed by atoms with Crippen molar-refractivity contribution in [2.24, 2.45) is 0 Å². The molecule has 1 fully saturated rings. The monoisotopic (exact) mass is 282 g/mol. The number of benzene rings is 1. The summed E-state index contributed by atoms with van der Waals surface area (Å²) >= 11 is 0. The molecule has 0 unspecified atom stereocenters. The molecule has 1 aromatic rings. The van der Waals surface area contributed by atoms with Gasteiger partial charge in [0.25, 0.3) is 5.92 Å². The Hall–Kier alpha value is -1.45. The third-order valence-corrected chi connectivity index (χ3v) is 4.06. The standard InChI is InChI=1S/C16H20F2O2/c17-16(18,11-10-15(19)20)14-8-6-13(7-9-14)12-4-2-1-3-5-12/h6-9,12H,1-5,10-11H2,(H,19,20). The summed E-state index contributed by atoms with van der Waals surface area (Å²) in [5.41, 5.74) is 1.04. The zero-order valence-electron chi connectivity index (χ0n) is 11.4. The number of carboxylic acid groups (broad SMARTS) is 1. The predicted molar refractivity (Wildman–Crippen MR) is 73.0 cm³/mol. The van der Waals surface area contributed by atoms with Gasteiger partial charge in [0.15, 0.2) is 0 Å². The molecule has 0 spiro atoms. The Morgan fingerprint density at radius 1 is 1.15 bits per heavy atom. The van der Waals surface area contributed by atoms with E-state index in [4.69, 9.17) is 5.11 Å². The van der Waals surface area contributed by atoms with E-state index in [1.54, 1.807) is 12.1 Å². The topological polar surface area (TPSA) is 37.3 Å². The van der Waals surface area contributed by atoms with Crippen molar-refractivity contribution in [3.05, 3.63) is 35.4 Å². The van der Waals surface area contributed by atoms with Gasteiger partial charge in [0, 0.05) is 12.0 Å². The zero-order chi connectivity index (χ0) is 14.6. The van der Waals surface area contributed by atoms with Crippen molar-refractivity contribution < 1.29 is 18.7 Å². The van der Waals surface area contributed by atoms with Crippen molar-refractivity contribution in [1.29, 1.82) is 0 Å². The van der Waals surface area contributed by atoms with Crippen LogP contribution >= 0.6 is 0 Å². The first-order valence-corrected chi connectivity index (χ1v) is 7.19. The normalized spacial score (nSPS) is 17.1. The maximum Gasteiger partial charge on any atom is 0.303 e. The first kappa shape index (κ1) is 14.9. The number of carbonyl (C=O) groups is 1. The van der Waals surface area contributed by atoms with Crippen LogP contribution in [0.5, 0.6) is 0 Å². The molecule has 0 aliphatic heterocycles. The summed E-state index contributed by atoms with van der Waals surface area (Å²) in [6, 6.07) is 6.46. The van der Waals surface area contributed by atoms with Crippen molar-refractivity contribution >= 4 is 5.97 Å². The second-order valence-corrected chi connectivity index (χ2v) is 5.56. The van der Waals surface area contributed by atoms with Gasteiger partial charge in [-0.2, -0.15) is 0 Å². The van der Waals surface area contributed by atoms with Gasteiger partial charge in [-0.3, -0.25) is 4.79 Å². The number of rotatable bonds is 5. The van der Waals surface area contributed by atoms with Crippen LogP contribution in [0.15, 0.2) is 24.3 Å². The second-order valence-electron chi connectivity index (χ2n) is 5.56. The highest BCUT2D eigenvalue weighted by Crippen LogP contribution is 2.36. The molecule has 20 heavy (non-hydrogen) atoms. The number of hydrogen-bond donors (Lipinski definition) is 1. The lowest BCUT2D eigenvalue weighted by Crippen LogP contribution is -2.15. The lowest BCUT2D eigenvalue weighted by atomic mass is 9.83. The highest BCUT2D eigenvalue weighted by Gasteiger charge is 2.32. The highest BCUT2D eigenvalue weighted by molar-refractivity contribution is 5.66. The van der Waals surface area contributed by atoms with Gasteiger partial charge in [-0.25, -0.2) is 8.78 Å². The van der Waals surface area contributed by atoms with E-state index in [0.29, 0.717) is 5.92 Å². The molecular weight excluding hydrogens is 262 g/mol. The fourth-order valence-electron chi connectivity index (χ4n) is 2.84. The van der Waals surface area contributed by atoms with Crippen LogP contribution in [-0.4, -0.2) is 11.1 Å². The van der Waals surface area contributed by atoms with E-state index in [1.807, 2.05) is 0 Å². The molecule has 1 aliphatic carbocycles. The minimum atomic E-state index is -3.07. The van der Waals surface area contributed by atoms with E-state index in [0.717, 1.165) is 18.4 Å². The van der Waals surface area contributed by atoms with Crippen LogP contribution in [0.4, 0.5) is 8.78 Å². The molecular formula is C16H20F2O2. The van der Waals surface area contributed by atoms with Gasteiger partial charge in [0.2, 0.25) is 0 Å². The first-order chi connectivity index (χ1) is 9.49. The summed E-state index contributed by atoms with van der Waals surface area (Å²) in [7, 11) is 0. The van der Waals surface area contributed by atoms with Gasteiger partial charge in [0.05, 0.1) is 6.42 Å². The summed E-state index contributed by atoms with van der Waals surface area (Å²) in [5, 5.41) is 8.50. The zero-order valence-corrected chi connectivity index (χ0v) is 11.4. The van der Waals surface area contributed by atoms with E-state index < -0.39 is 24.7 Å². The molecule has 0 aromatic heterocycles. The summed E-state index contributed by atoms with van der Waals surface area (Å²) in [6.45, 7) is 0. The maximum atomic E-state index is 13.8. The van der Waals surface area contributed by atoms with Crippen LogP contribution < -0.4 is 0 Å². The van der Waals surface area contributed by atoms with Crippen LogP contribution in [0.2, 0.25) is 0 Å². The summed E-state index contributed by atoms with van der Waals surface area (Å²) in [5.74, 6) is -3.77. The Bertz CT molecular complexity index is 448. The molecule has 0 radical (unpaired) electrons. The maximum absolute atomic E-state index is 13.8. The predicted octanol–water partition coefficient (Wildman–Crippen LogP) is 4.69. The second kappa shape index (κ2) is 6.33. The van der Waals surface area contributed by atoms with E-state index >= 15 is 0 Å². The first-order valence-electron chi connectivity index (χ1n) is 7.19. The SMILES string of the molecule is O=C(O)CCC(F)(F)c1ccc(C2CCCCC2)cc1. The third kappa shape index (κ3) is 3.78. The third-order valence-electron chi connectivity index (χ3n) is 4.06. The Balaban J connectivity index is 2.04. The molecule has 1 aliphatic rings. The van der Waals surface area contributed by atoms with Crippen LogP contribution in [0.3, 0.4) is 0 Å². The Kier molecular flexibility index (Phi) is 4.73. The van der Waals surface area contributed by atoms with Crippen LogP contribution in [0, 0.1) is 0 Å². The number of aliphatic carboxylic acids is 1. The number of alkyl halides is 2. The molecule has 4 heteroatoms. The van der Waals surface area contributed by atoms with Gasteiger partial charge in [0.1, 0.15) is 0 Å². The highest BCUT2D eigenvalue weighted by atomic mass is 19.3. The lowest BCUT2D eigenvalue weighted by Gasteiger charge is -2.23. The van der Waals surface area contributed by atoms with E-state index in [1.165, 1.54) is 31.4 Å². The molecule has 0 saturated heterocycles. The van der Waals surface area contributed by atoms with Crippen molar-refractivity contribution in [1.82, 2.24) is 0 Å². The molecule has 1 N–H and O–H groups in total. The van der Waals surface area contributed by atoms with Crippen molar-refractivity contribution in [2.45, 2.75) is 56.8 Å². The van der Waals surface area contributed by atoms with Crippen LogP contribution in [0.25, 0.3) is 0 Å². The minimum absolute atomic E-state index is 0.0849. The summed E-state index contributed by atoms with van der Waals surface area (Å²) < 4.78 is 27.7. The molecule has 1 saturated carbocycles. The summed E-state index contributed by atoms with van der Waals surface area (Å²) in [6.07, 6.45) is 4.79. The Labute approximate surface area is 117 Å². The average Bonchev–Trinajstić information content (AvgIpc) is 2.46. The van der Waals surface area contributed by atoms with Crippen molar-refractivity contribution in [3.8, 4) is 0 Å². The molecule has 0 atom stereocenters. The van der Waals surface area contributed by atoms with E-state index in [2.05, 4.69) is 0 Å². The van der Waals surface area contributed by atoms with Crippen molar-refractivity contribution in [2.75, 3.05) is 0 Å². The number of hydrogen-bond acceptors (Lipinski definition) is 1. The van der Waals surface area contributed by atoms with Gasteiger partial charge in [-0.15, -0.1) is 0 Å². The van der Waals surface area contributed by atoms with E-state index in [9.17, 15) is 13.6 Å². The van der Waals surface area contributed by atoms with E-state index in [-0.39, 0.29) is 5.56 Å². The number of carboxylic acids is 1. The fourth-order valence-corrected chi connectivity index (χ4v) is 2.84. The van der Waals surface area contributed by atoms with Crippen LogP contribution in [-0.2, 0) is 10.7 Å². The average molecular weight is 282 g/mol. The molecule has 110 valence electrons. The van der Waals surface area contributed by atoms with Gasteiger partial charge < -0.3 is 5.11 Å². The smallest absolute Gasteiger partial charge is 0.303 e. The van der Waals surface area contributed by atoms with Gasteiger partial charge >= 0.3 is 5.97 Å². The van der Waals surface area contributed by atoms with Gasteiger partial charge in [-0.05, 0) is 24.3 Å². The lowest BCUT2D eigenvalue weighted by molar-refractivity contribution is -0.139. The molecule has 2 rings (SSSR count). The fraction of sp³-hybridized carbons (Fsp3) is 0.562. The molecule has 0 bridgehead atoms. The minimum Gasteiger partial charge on any atom is -0.481 e. The molecule has 2 nitrogen and oxygen atoms in total. The number of halogens is 2. The Morgan fingerprint density at radius 3 is 2.30 bits per heavy atom. The van der Waals surface area contributed by atoms with Crippen molar-refractivity contribution in [3.63, 3.8) is 0 Å². The molecule has 1 aromatic carbocycles. The summed E-state index contributed by atoms with van der Waals surface area (Å²) in [4.78, 5) is 10.4. The van der Waals surface area contributed by atoms with Crippen LogP contribution in [0.1, 0.15) is 62.0 Å². The molecule has 0 amide bonds.